The number of hydrogen-bond acceptors (Lipinski definition) is 4. The Hall–Kier alpha value is -4.48. The Kier molecular flexibility index (Phi) is 6.36. The van der Waals surface area contributed by atoms with E-state index in [0.29, 0.717) is 40.7 Å². The fraction of sp³-hybridized carbons (Fsp3) is 0.200. The highest BCUT2D eigenvalue weighted by Gasteiger charge is 2.31. The van der Waals surface area contributed by atoms with Gasteiger partial charge >= 0.3 is 12.2 Å². The van der Waals surface area contributed by atoms with Crippen molar-refractivity contribution in [2.75, 3.05) is 10.6 Å². The van der Waals surface area contributed by atoms with E-state index in [-0.39, 0.29) is 16.7 Å². The molecule has 12 heteroatoms. The fourth-order valence-electron chi connectivity index (χ4n) is 3.60. The summed E-state index contributed by atoms with van der Waals surface area (Å²) in [7, 11) is 0. The van der Waals surface area contributed by atoms with Crippen LogP contribution in [0.15, 0.2) is 54.9 Å². The lowest BCUT2D eigenvalue weighted by atomic mass is 9.96. The molecule has 0 radical (unpaired) electrons. The number of amides is 3. The number of halogens is 4. The van der Waals surface area contributed by atoms with Crippen molar-refractivity contribution in [2.45, 2.75) is 32.4 Å². The molecule has 2 heterocycles. The zero-order valence-corrected chi connectivity index (χ0v) is 19.9. The van der Waals surface area contributed by atoms with Gasteiger partial charge in [0, 0.05) is 22.9 Å². The molecule has 0 fully saturated rings. The number of carbonyl (C=O) groups excluding carboxylic acids is 2. The summed E-state index contributed by atoms with van der Waals surface area (Å²) in [4.78, 5) is 28.8. The number of alkyl halides is 3. The van der Waals surface area contributed by atoms with E-state index >= 15 is 0 Å². The summed E-state index contributed by atoms with van der Waals surface area (Å²) < 4.78 is 54.2. The van der Waals surface area contributed by atoms with Gasteiger partial charge in [-0.1, -0.05) is 32.9 Å². The number of nitrogens with one attached hydrogen (secondary N) is 2. The largest absolute Gasteiger partial charge is 0.416 e. The van der Waals surface area contributed by atoms with Gasteiger partial charge in [0.05, 0.1) is 28.5 Å². The van der Waals surface area contributed by atoms with Crippen molar-refractivity contribution in [3.8, 4) is 11.1 Å². The molecular weight excluding hydrogens is 492 g/mol. The van der Waals surface area contributed by atoms with Crippen LogP contribution in [0, 0.1) is 5.82 Å². The first-order valence-electron chi connectivity index (χ1n) is 11.0. The number of anilines is 2. The minimum atomic E-state index is -4.69. The summed E-state index contributed by atoms with van der Waals surface area (Å²) in [5.41, 5.74) is 5.66. The van der Waals surface area contributed by atoms with Crippen LogP contribution >= 0.6 is 0 Å². The summed E-state index contributed by atoms with van der Waals surface area (Å²) >= 11 is 0. The van der Waals surface area contributed by atoms with Crippen molar-refractivity contribution >= 4 is 28.8 Å². The monoisotopic (exact) mass is 514 g/mol. The smallest absolute Gasteiger partial charge is 0.366 e. The minimum Gasteiger partial charge on any atom is -0.366 e. The second kappa shape index (κ2) is 9.19. The van der Waals surface area contributed by atoms with Crippen molar-refractivity contribution in [1.29, 1.82) is 0 Å². The van der Waals surface area contributed by atoms with Crippen LogP contribution in [0.1, 0.15) is 42.5 Å². The average molecular weight is 514 g/mol. The number of fused-ring (bicyclic) bond motifs is 1. The van der Waals surface area contributed by atoms with Gasteiger partial charge in [-0.2, -0.15) is 18.3 Å². The molecule has 2 aromatic heterocycles. The summed E-state index contributed by atoms with van der Waals surface area (Å²) in [6.07, 6.45) is -1.57. The van der Waals surface area contributed by atoms with Crippen molar-refractivity contribution in [1.82, 2.24) is 14.6 Å². The van der Waals surface area contributed by atoms with Crippen LogP contribution in [0.2, 0.25) is 0 Å². The lowest BCUT2D eigenvalue weighted by Crippen LogP contribution is -2.20. The highest BCUT2D eigenvalue weighted by Crippen LogP contribution is 2.33. The number of nitrogens with zero attached hydrogens (tertiary/aromatic N) is 3. The van der Waals surface area contributed by atoms with Crippen LogP contribution in [0.5, 0.6) is 0 Å². The third-order valence-electron chi connectivity index (χ3n) is 5.44. The SMILES string of the molecule is CC(C)(C)c1ncc2c(-c3ccc(NC(=O)Nc4cc(C(F)(F)F)ccc4F)cc3)c(C(N)=O)cn2n1. The Morgan fingerprint density at radius 3 is 2.27 bits per heavy atom. The Morgan fingerprint density at radius 1 is 1.00 bits per heavy atom. The Bertz CT molecular complexity index is 1500. The Balaban J connectivity index is 1.59. The zero-order valence-electron chi connectivity index (χ0n) is 19.9. The van der Waals surface area contributed by atoms with Crippen molar-refractivity contribution in [2.24, 2.45) is 5.73 Å². The molecule has 4 aromatic rings. The number of aromatic nitrogens is 3. The van der Waals surface area contributed by atoms with Crippen LogP contribution in [-0.2, 0) is 11.6 Å². The molecule has 8 nitrogen and oxygen atoms in total. The second-order valence-electron chi connectivity index (χ2n) is 9.29. The Morgan fingerprint density at radius 2 is 1.68 bits per heavy atom. The van der Waals surface area contributed by atoms with Gasteiger partial charge in [-0.3, -0.25) is 4.79 Å². The maximum Gasteiger partial charge on any atom is 0.416 e. The van der Waals surface area contributed by atoms with E-state index in [0.717, 1.165) is 0 Å². The summed E-state index contributed by atoms with van der Waals surface area (Å²) in [6.45, 7) is 5.87. The number of hydrogen-bond donors (Lipinski definition) is 3. The van der Waals surface area contributed by atoms with E-state index in [1.165, 1.54) is 22.8 Å². The molecule has 0 bridgehead atoms. The van der Waals surface area contributed by atoms with Crippen molar-refractivity contribution < 1.29 is 27.2 Å². The number of primary amides is 1. The van der Waals surface area contributed by atoms with Gasteiger partial charge in [-0.25, -0.2) is 18.7 Å². The van der Waals surface area contributed by atoms with Crippen molar-refractivity contribution in [3.63, 3.8) is 0 Å². The quantitative estimate of drug-likeness (QED) is 0.308. The Labute approximate surface area is 208 Å². The van der Waals surface area contributed by atoms with Crippen LogP contribution in [0.25, 0.3) is 16.6 Å². The summed E-state index contributed by atoms with van der Waals surface area (Å²) in [5.74, 6) is -1.11. The zero-order chi connectivity index (χ0) is 27.1. The van der Waals surface area contributed by atoms with E-state index < -0.39 is 35.2 Å². The van der Waals surface area contributed by atoms with E-state index in [1.807, 2.05) is 20.8 Å². The van der Waals surface area contributed by atoms with E-state index in [2.05, 4.69) is 20.7 Å². The summed E-state index contributed by atoms with van der Waals surface area (Å²) in [6, 6.07) is 7.01. The van der Waals surface area contributed by atoms with Gasteiger partial charge in [0.25, 0.3) is 5.91 Å². The number of benzene rings is 2. The molecule has 0 atom stereocenters. The molecule has 0 saturated heterocycles. The normalized spacial score (nSPS) is 12.0. The maximum absolute atomic E-state index is 13.9. The number of nitrogens with two attached hydrogens (primary N) is 1. The van der Waals surface area contributed by atoms with Gasteiger partial charge in [-0.15, -0.1) is 0 Å². The molecule has 4 rings (SSSR count). The molecular formula is C25H22F4N6O2. The number of urea groups is 1. The molecule has 0 saturated carbocycles. The molecule has 0 unspecified atom stereocenters. The molecule has 0 aliphatic rings. The molecule has 37 heavy (non-hydrogen) atoms. The molecule has 0 aliphatic carbocycles. The molecule has 4 N–H and O–H groups in total. The van der Waals surface area contributed by atoms with Crippen LogP contribution in [0.3, 0.4) is 0 Å². The standard InChI is InChI=1S/C25H22F4N6O2/c1-24(2,3)22-31-11-19-20(16(21(30)36)12-35(19)34-22)13-4-7-15(8-5-13)32-23(37)33-18-10-14(25(27,28)29)6-9-17(18)26/h4-12H,1-3H3,(H2,30,36)(H2,32,33,37). The number of carbonyl (C=O) groups is 2. The van der Waals surface area contributed by atoms with Crippen molar-refractivity contribution in [3.05, 3.63) is 77.6 Å². The van der Waals surface area contributed by atoms with E-state index in [1.54, 1.807) is 18.3 Å². The first kappa shape index (κ1) is 25.6. The van der Waals surface area contributed by atoms with Gasteiger partial charge in [0.1, 0.15) is 5.82 Å². The third-order valence-corrected chi connectivity index (χ3v) is 5.44. The molecule has 0 spiro atoms. The second-order valence-corrected chi connectivity index (χ2v) is 9.29. The molecule has 0 aliphatic heterocycles. The lowest BCUT2D eigenvalue weighted by molar-refractivity contribution is -0.137. The highest BCUT2D eigenvalue weighted by molar-refractivity contribution is 6.05. The molecule has 192 valence electrons. The predicted octanol–water partition coefficient (Wildman–Crippen LogP) is 5.59. The highest BCUT2D eigenvalue weighted by atomic mass is 19.4. The van der Waals surface area contributed by atoms with Crippen LogP contribution in [0.4, 0.5) is 33.7 Å². The van der Waals surface area contributed by atoms with E-state index in [9.17, 15) is 27.2 Å². The molecule has 3 amide bonds. The third kappa shape index (κ3) is 5.37. The summed E-state index contributed by atoms with van der Waals surface area (Å²) in [5, 5.41) is 8.99. The van der Waals surface area contributed by atoms with Gasteiger partial charge in [0.15, 0.2) is 5.82 Å². The first-order chi connectivity index (χ1) is 17.2. The molecule has 2 aromatic carbocycles. The van der Waals surface area contributed by atoms with Gasteiger partial charge < -0.3 is 16.4 Å². The maximum atomic E-state index is 13.9. The predicted molar refractivity (Wildman–Crippen MR) is 130 cm³/mol. The van der Waals surface area contributed by atoms with Crippen LogP contribution in [-0.4, -0.2) is 26.5 Å². The fourth-order valence-corrected chi connectivity index (χ4v) is 3.60. The first-order valence-corrected chi connectivity index (χ1v) is 11.0. The van der Waals surface area contributed by atoms with Gasteiger partial charge in [0.2, 0.25) is 0 Å². The van der Waals surface area contributed by atoms with Crippen LogP contribution < -0.4 is 16.4 Å². The minimum absolute atomic E-state index is 0.221. The number of rotatable bonds is 4. The lowest BCUT2D eigenvalue weighted by Gasteiger charge is -2.15. The van der Waals surface area contributed by atoms with E-state index in [4.69, 9.17) is 5.73 Å². The van der Waals surface area contributed by atoms with Gasteiger partial charge in [-0.05, 0) is 35.9 Å². The topological polar surface area (TPSA) is 114 Å². The average Bonchev–Trinajstić information content (AvgIpc) is 3.19.